The number of amides is 1. The van der Waals surface area contributed by atoms with E-state index in [0.717, 1.165) is 16.6 Å². The van der Waals surface area contributed by atoms with E-state index in [2.05, 4.69) is 5.32 Å². The number of carbonyl (C=O) groups excluding carboxylic acids is 1. The van der Waals surface area contributed by atoms with Crippen LogP contribution in [0.2, 0.25) is 10.0 Å². The molecule has 2 aromatic rings. The summed E-state index contributed by atoms with van der Waals surface area (Å²) in [7, 11) is -3.77. The predicted octanol–water partition coefficient (Wildman–Crippen LogP) is 4.32. The van der Waals surface area contributed by atoms with Crippen molar-refractivity contribution in [2.75, 3.05) is 15.9 Å². The van der Waals surface area contributed by atoms with Crippen molar-refractivity contribution >= 4 is 50.5 Å². The fourth-order valence-corrected chi connectivity index (χ4v) is 4.04. The van der Waals surface area contributed by atoms with Crippen LogP contribution in [-0.4, -0.2) is 26.6 Å². The molecule has 0 aliphatic carbocycles. The van der Waals surface area contributed by atoms with Gasteiger partial charge in [-0.1, -0.05) is 36.2 Å². The second kappa shape index (κ2) is 8.24. The number of rotatable bonds is 6. The topological polar surface area (TPSA) is 66.5 Å². The number of sulfonamides is 1. The molecule has 0 spiro atoms. The van der Waals surface area contributed by atoms with Crippen LogP contribution in [-0.2, 0) is 14.8 Å². The molecule has 2 rings (SSSR count). The minimum Gasteiger partial charge on any atom is -0.324 e. The largest absolute Gasteiger partial charge is 0.324 e. The molecule has 1 amide bonds. The van der Waals surface area contributed by atoms with Crippen molar-refractivity contribution in [1.29, 1.82) is 0 Å². The van der Waals surface area contributed by atoms with Crippen molar-refractivity contribution in [2.45, 2.75) is 19.4 Å². The lowest BCUT2D eigenvalue weighted by molar-refractivity contribution is -0.117. The molecule has 0 radical (unpaired) electrons. The Kier molecular flexibility index (Phi) is 6.49. The molecule has 26 heavy (non-hydrogen) atoms. The highest BCUT2D eigenvalue weighted by Crippen LogP contribution is 2.26. The van der Waals surface area contributed by atoms with Crippen molar-refractivity contribution < 1.29 is 17.6 Å². The zero-order chi connectivity index (χ0) is 19.5. The van der Waals surface area contributed by atoms with Crippen molar-refractivity contribution in [1.82, 2.24) is 0 Å². The molecule has 5 nitrogen and oxygen atoms in total. The number of anilines is 2. The molecule has 0 saturated heterocycles. The van der Waals surface area contributed by atoms with Gasteiger partial charge in [0.25, 0.3) is 0 Å². The molecule has 1 N–H and O–H groups in total. The van der Waals surface area contributed by atoms with E-state index in [1.54, 1.807) is 25.1 Å². The summed E-state index contributed by atoms with van der Waals surface area (Å²) < 4.78 is 38.9. The third-order valence-electron chi connectivity index (χ3n) is 3.58. The molecule has 0 saturated carbocycles. The molecule has 0 unspecified atom stereocenters. The Hall–Kier alpha value is -1.83. The van der Waals surface area contributed by atoms with Crippen LogP contribution in [0.3, 0.4) is 0 Å². The molecule has 0 bridgehead atoms. The van der Waals surface area contributed by atoms with E-state index in [0.29, 0.717) is 5.02 Å². The molecule has 0 aliphatic rings. The molecular weight excluding hydrogens is 402 g/mol. The first-order valence-electron chi connectivity index (χ1n) is 7.64. The predicted molar refractivity (Wildman–Crippen MR) is 103 cm³/mol. The van der Waals surface area contributed by atoms with E-state index in [-0.39, 0.29) is 22.8 Å². The van der Waals surface area contributed by atoms with Crippen LogP contribution >= 0.6 is 23.2 Å². The first-order chi connectivity index (χ1) is 12.1. The standard InChI is InChI=1S/C17H17Cl2FN2O3S/c1-3-16(17(23)21-12-7-8-15(20)14(19)10-12)22(26(2,24)25)13-6-4-5-11(18)9-13/h4-10,16H,3H2,1-2H3,(H,21,23)/t16-/m0/s1. The lowest BCUT2D eigenvalue weighted by atomic mass is 10.2. The van der Waals surface area contributed by atoms with Crippen molar-refractivity contribution in [3.63, 3.8) is 0 Å². The highest BCUT2D eigenvalue weighted by Gasteiger charge is 2.31. The Labute approximate surface area is 161 Å². The van der Waals surface area contributed by atoms with Crippen LogP contribution in [0.5, 0.6) is 0 Å². The van der Waals surface area contributed by atoms with E-state index in [1.165, 1.54) is 18.2 Å². The maximum atomic E-state index is 13.3. The van der Waals surface area contributed by atoms with E-state index in [9.17, 15) is 17.6 Å². The number of nitrogens with zero attached hydrogens (tertiary/aromatic N) is 1. The highest BCUT2D eigenvalue weighted by atomic mass is 35.5. The van der Waals surface area contributed by atoms with Gasteiger partial charge in [-0.2, -0.15) is 0 Å². The van der Waals surface area contributed by atoms with Crippen molar-refractivity contribution in [2.24, 2.45) is 0 Å². The van der Waals surface area contributed by atoms with Gasteiger partial charge >= 0.3 is 0 Å². The van der Waals surface area contributed by atoms with Crippen molar-refractivity contribution in [3.05, 3.63) is 58.3 Å². The second-order valence-corrected chi connectivity index (χ2v) is 8.28. The van der Waals surface area contributed by atoms with Crippen LogP contribution in [0.15, 0.2) is 42.5 Å². The minimum absolute atomic E-state index is 0.148. The van der Waals surface area contributed by atoms with E-state index in [1.807, 2.05) is 0 Å². The summed E-state index contributed by atoms with van der Waals surface area (Å²) in [6.45, 7) is 1.69. The van der Waals surface area contributed by atoms with Crippen LogP contribution in [0.4, 0.5) is 15.8 Å². The highest BCUT2D eigenvalue weighted by molar-refractivity contribution is 7.92. The average molecular weight is 419 g/mol. The van der Waals surface area contributed by atoms with Crippen LogP contribution in [0.25, 0.3) is 0 Å². The first kappa shape index (κ1) is 20.5. The van der Waals surface area contributed by atoms with E-state index in [4.69, 9.17) is 23.2 Å². The van der Waals surface area contributed by atoms with Crippen molar-refractivity contribution in [3.8, 4) is 0 Å². The Morgan fingerprint density at radius 2 is 1.92 bits per heavy atom. The Morgan fingerprint density at radius 3 is 2.46 bits per heavy atom. The third-order valence-corrected chi connectivity index (χ3v) is 5.28. The van der Waals surface area contributed by atoms with Crippen LogP contribution in [0.1, 0.15) is 13.3 Å². The number of halogens is 3. The summed E-state index contributed by atoms with van der Waals surface area (Å²) in [5.74, 6) is -1.19. The van der Waals surface area contributed by atoms with Crippen LogP contribution in [0, 0.1) is 5.82 Å². The number of hydrogen-bond acceptors (Lipinski definition) is 3. The van der Waals surface area contributed by atoms with Gasteiger partial charge in [0, 0.05) is 10.7 Å². The molecule has 2 aromatic carbocycles. The van der Waals surface area contributed by atoms with Gasteiger partial charge in [-0.05, 0) is 42.8 Å². The van der Waals surface area contributed by atoms with Gasteiger partial charge in [0.2, 0.25) is 15.9 Å². The van der Waals surface area contributed by atoms with Gasteiger partial charge in [0.05, 0.1) is 17.0 Å². The fraction of sp³-hybridized carbons (Fsp3) is 0.235. The maximum Gasteiger partial charge on any atom is 0.248 e. The SMILES string of the molecule is CC[C@@H](C(=O)Nc1ccc(F)c(Cl)c1)N(c1cccc(Cl)c1)S(C)(=O)=O. The molecule has 9 heteroatoms. The van der Waals surface area contributed by atoms with E-state index < -0.39 is 27.8 Å². The summed E-state index contributed by atoms with van der Waals surface area (Å²) in [6.07, 6.45) is 1.22. The van der Waals surface area contributed by atoms with Gasteiger partial charge in [-0.15, -0.1) is 0 Å². The van der Waals surface area contributed by atoms with Crippen LogP contribution < -0.4 is 9.62 Å². The molecule has 0 heterocycles. The third kappa shape index (κ3) is 4.87. The van der Waals surface area contributed by atoms with Gasteiger partial charge in [0.15, 0.2) is 0 Å². The zero-order valence-electron chi connectivity index (χ0n) is 14.0. The smallest absolute Gasteiger partial charge is 0.248 e. The summed E-state index contributed by atoms with van der Waals surface area (Å²) in [4.78, 5) is 12.7. The monoisotopic (exact) mass is 418 g/mol. The summed E-state index contributed by atoms with van der Waals surface area (Å²) in [5.41, 5.74) is 0.540. The van der Waals surface area contributed by atoms with E-state index >= 15 is 0 Å². The van der Waals surface area contributed by atoms with Gasteiger partial charge < -0.3 is 5.32 Å². The molecule has 0 aromatic heterocycles. The quantitative estimate of drug-likeness (QED) is 0.759. The Balaban J connectivity index is 2.38. The Morgan fingerprint density at radius 1 is 1.23 bits per heavy atom. The molecular formula is C17H17Cl2FN2O3S. The summed E-state index contributed by atoms with van der Waals surface area (Å²) >= 11 is 11.7. The fourth-order valence-electron chi connectivity index (χ4n) is 2.47. The first-order valence-corrected chi connectivity index (χ1v) is 10.2. The Bertz CT molecular complexity index is 922. The maximum absolute atomic E-state index is 13.3. The summed E-state index contributed by atoms with van der Waals surface area (Å²) in [6, 6.07) is 8.91. The molecule has 140 valence electrons. The second-order valence-electron chi connectivity index (χ2n) is 5.58. The van der Waals surface area contributed by atoms with Gasteiger partial charge in [0.1, 0.15) is 11.9 Å². The molecule has 0 fully saturated rings. The number of nitrogens with one attached hydrogen (secondary N) is 1. The number of carbonyl (C=O) groups is 1. The minimum atomic E-state index is -3.77. The lowest BCUT2D eigenvalue weighted by Crippen LogP contribution is -2.47. The van der Waals surface area contributed by atoms with Gasteiger partial charge in [-0.25, -0.2) is 12.8 Å². The normalized spacial score (nSPS) is 12.5. The molecule has 0 aliphatic heterocycles. The lowest BCUT2D eigenvalue weighted by Gasteiger charge is -2.30. The number of hydrogen-bond donors (Lipinski definition) is 1. The molecule has 1 atom stereocenters. The zero-order valence-corrected chi connectivity index (χ0v) is 16.4. The number of benzene rings is 2. The summed E-state index contributed by atoms with van der Waals surface area (Å²) in [5, 5.41) is 2.77. The average Bonchev–Trinajstić information content (AvgIpc) is 2.54. The van der Waals surface area contributed by atoms with Gasteiger partial charge in [-0.3, -0.25) is 9.10 Å².